The first-order chi connectivity index (χ1) is 14.5. The molecule has 7 N–H and O–H groups in total. The number of carboxylic acid groups (broad SMARTS) is 1. The molecule has 3 amide bonds. The van der Waals surface area contributed by atoms with Crippen molar-refractivity contribution < 1.29 is 29.4 Å². The number of hydrogen-bond donors (Lipinski definition) is 7. The number of aliphatic carboxylic acids is 1. The van der Waals surface area contributed by atoms with Gasteiger partial charge in [0.2, 0.25) is 17.7 Å². The van der Waals surface area contributed by atoms with Crippen molar-refractivity contribution in [1.82, 2.24) is 16.0 Å². The van der Waals surface area contributed by atoms with Crippen LogP contribution >= 0.6 is 12.6 Å². The number of benzene rings is 1. The van der Waals surface area contributed by atoms with Crippen LogP contribution in [0.15, 0.2) is 24.3 Å². The predicted octanol–water partition coefficient (Wildman–Crippen LogP) is -0.593. The predicted molar refractivity (Wildman–Crippen MR) is 118 cm³/mol. The van der Waals surface area contributed by atoms with Gasteiger partial charge in [-0.05, 0) is 30.5 Å². The number of aromatic hydroxyl groups is 1. The molecule has 4 atom stereocenters. The van der Waals surface area contributed by atoms with Crippen LogP contribution in [0.5, 0.6) is 5.75 Å². The highest BCUT2D eigenvalue weighted by molar-refractivity contribution is 7.80. The number of carboxylic acids is 1. The molecular formula is C20H30N4O6S. The Morgan fingerprint density at radius 1 is 0.968 bits per heavy atom. The lowest BCUT2D eigenvalue weighted by Crippen LogP contribution is -2.58. The molecule has 4 unspecified atom stereocenters. The topological polar surface area (TPSA) is 171 Å². The lowest BCUT2D eigenvalue weighted by atomic mass is 10.0. The number of thiol groups is 1. The summed E-state index contributed by atoms with van der Waals surface area (Å²) in [6, 6.07) is 1.95. The molecule has 0 spiro atoms. The lowest BCUT2D eigenvalue weighted by molar-refractivity contribution is -0.142. The van der Waals surface area contributed by atoms with Gasteiger partial charge in [0.05, 0.1) is 6.04 Å². The summed E-state index contributed by atoms with van der Waals surface area (Å²) < 4.78 is 0. The van der Waals surface area contributed by atoms with Crippen LogP contribution in [-0.2, 0) is 25.6 Å². The summed E-state index contributed by atoms with van der Waals surface area (Å²) in [5, 5.41) is 25.9. The van der Waals surface area contributed by atoms with Gasteiger partial charge in [-0.2, -0.15) is 12.6 Å². The number of nitrogens with two attached hydrogens (primary N) is 1. The maximum atomic E-state index is 13.0. The molecule has 1 rings (SSSR count). The van der Waals surface area contributed by atoms with Gasteiger partial charge >= 0.3 is 5.97 Å². The Bertz CT molecular complexity index is 786. The lowest BCUT2D eigenvalue weighted by Gasteiger charge is -2.26. The second-order valence-corrected chi connectivity index (χ2v) is 7.88. The Morgan fingerprint density at radius 2 is 1.55 bits per heavy atom. The monoisotopic (exact) mass is 454 g/mol. The number of carbonyl (C=O) groups excluding carboxylic acids is 3. The van der Waals surface area contributed by atoms with Gasteiger partial charge in [-0.25, -0.2) is 0 Å². The quantitative estimate of drug-likeness (QED) is 0.219. The van der Waals surface area contributed by atoms with Gasteiger partial charge in [0.1, 0.15) is 23.9 Å². The normalized spacial score (nSPS) is 14.8. The Morgan fingerprint density at radius 3 is 2.03 bits per heavy atom. The zero-order valence-corrected chi connectivity index (χ0v) is 18.6. The molecule has 0 heterocycles. The number of carbonyl (C=O) groups is 4. The van der Waals surface area contributed by atoms with E-state index < -0.39 is 47.9 Å². The second-order valence-electron chi connectivity index (χ2n) is 7.52. The van der Waals surface area contributed by atoms with Crippen LogP contribution in [0.4, 0.5) is 0 Å². The smallest absolute Gasteiger partial charge is 0.325 e. The Balaban J connectivity index is 3.03. The first-order valence-corrected chi connectivity index (χ1v) is 10.4. The van der Waals surface area contributed by atoms with Gasteiger partial charge in [0.25, 0.3) is 0 Å². The molecule has 0 saturated heterocycles. The van der Waals surface area contributed by atoms with Crippen LogP contribution < -0.4 is 21.7 Å². The molecule has 172 valence electrons. The highest BCUT2D eigenvalue weighted by Gasteiger charge is 2.31. The largest absolute Gasteiger partial charge is 0.508 e. The van der Waals surface area contributed by atoms with Crippen LogP contribution in [0.3, 0.4) is 0 Å². The van der Waals surface area contributed by atoms with E-state index in [-0.39, 0.29) is 23.8 Å². The highest BCUT2D eigenvalue weighted by Crippen LogP contribution is 2.12. The minimum absolute atomic E-state index is 0.0509. The molecule has 0 aliphatic heterocycles. The molecule has 31 heavy (non-hydrogen) atoms. The van der Waals surface area contributed by atoms with Crippen molar-refractivity contribution in [1.29, 1.82) is 0 Å². The number of rotatable bonds is 11. The zero-order chi connectivity index (χ0) is 23.7. The molecule has 1 aromatic carbocycles. The molecule has 0 saturated carbocycles. The summed E-state index contributed by atoms with van der Waals surface area (Å²) in [7, 11) is 0. The van der Waals surface area contributed by atoms with Crippen LogP contribution in [0.2, 0.25) is 0 Å². The van der Waals surface area contributed by atoms with Crippen molar-refractivity contribution in [2.45, 2.75) is 51.4 Å². The fourth-order valence-corrected chi connectivity index (χ4v) is 2.76. The van der Waals surface area contributed by atoms with Gasteiger partial charge in [-0.15, -0.1) is 0 Å². The van der Waals surface area contributed by atoms with Crippen molar-refractivity contribution in [3.8, 4) is 5.75 Å². The molecule has 0 fully saturated rings. The maximum Gasteiger partial charge on any atom is 0.325 e. The van der Waals surface area contributed by atoms with Gasteiger partial charge in [-0.3, -0.25) is 19.2 Å². The highest BCUT2D eigenvalue weighted by atomic mass is 32.1. The van der Waals surface area contributed by atoms with Crippen molar-refractivity contribution in [3.63, 3.8) is 0 Å². The maximum absolute atomic E-state index is 13.0. The van der Waals surface area contributed by atoms with Crippen molar-refractivity contribution in [2.24, 2.45) is 11.7 Å². The van der Waals surface area contributed by atoms with Gasteiger partial charge < -0.3 is 31.9 Å². The standard InChI is InChI=1S/C20H30N4O6S/c1-10(2)16(19(28)22-11(3)20(29)30)24-18(27)15(23-17(26)14(21)9-31)8-12-4-6-13(25)7-5-12/h4-7,10-11,14-16,25,31H,8-9,21H2,1-3H3,(H,22,28)(H,23,26)(H,24,27)(H,29,30). The first-order valence-electron chi connectivity index (χ1n) is 9.74. The van der Waals surface area contributed by atoms with E-state index in [0.29, 0.717) is 5.56 Å². The fourth-order valence-electron chi connectivity index (χ4n) is 2.59. The summed E-state index contributed by atoms with van der Waals surface area (Å²) in [6.45, 7) is 4.70. The average molecular weight is 455 g/mol. The molecule has 0 aromatic heterocycles. The second kappa shape index (κ2) is 12.2. The van der Waals surface area contributed by atoms with Gasteiger partial charge in [0, 0.05) is 12.2 Å². The third-order valence-corrected chi connectivity index (χ3v) is 4.91. The van der Waals surface area contributed by atoms with E-state index in [4.69, 9.17) is 10.8 Å². The molecule has 0 bridgehead atoms. The van der Waals surface area contributed by atoms with Crippen LogP contribution in [0, 0.1) is 5.92 Å². The van der Waals surface area contributed by atoms with Crippen LogP contribution in [0.1, 0.15) is 26.3 Å². The van der Waals surface area contributed by atoms with E-state index in [1.54, 1.807) is 26.0 Å². The number of nitrogens with one attached hydrogen (secondary N) is 3. The minimum Gasteiger partial charge on any atom is -0.508 e. The van der Waals surface area contributed by atoms with Crippen molar-refractivity contribution in [2.75, 3.05) is 5.75 Å². The Kier molecular flexibility index (Phi) is 10.3. The summed E-state index contributed by atoms with van der Waals surface area (Å²) in [6.07, 6.45) is 0.0785. The third-order valence-electron chi connectivity index (χ3n) is 4.52. The molecular weight excluding hydrogens is 424 g/mol. The number of phenols is 1. The van der Waals surface area contributed by atoms with E-state index in [1.165, 1.54) is 19.1 Å². The molecule has 11 heteroatoms. The molecule has 10 nitrogen and oxygen atoms in total. The van der Waals surface area contributed by atoms with E-state index in [2.05, 4.69) is 28.6 Å². The summed E-state index contributed by atoms with van der Waals surface area (Å²) in [5.74, 6) is -3.31. The number of phenolic OH excluding ortho intramolecular Hbond substituents is 1. The molecule has 0 radical (unpaired) electrons. The van der Waals surface area contributed by atoms with Crippen LogP contribution in [-0.4, -0.2) is 63.8 Å². The molecule has 0 aliphatic carbocycles. The molecule has 0 aliphatic rings. The summed E-state index contributed by atoms with van der Waals surface area (Å²) in [4.78, 5) is 48.7. The van der Waals surface area contributed by atoms with Gasteiger partial charge in [-0.1, -0.05) is 26.0 Å². The number of hydrogen-bond acceptors (Lipinski definition) is 7. The van der Waals surface area contributed by atoms with E-state index in [9.17, 15) is 24.3 Å². The minimum atomic E-state index is -1.21. The summed E-state index contributed by atoms with van der Waals surface area (Å²) in [5.41, 5.74) is 6.34. The zero-order valence-electron chi connectivity index (χ0n) is 17.7. The average Bonchev–Trinajstić information content (AvgIpc) is 2.71. The molecule has 1 aromatic rings. The summed E-state index contributed by atoms with van der Waals surface area (Å²) >= 11 is 3.98. The fraction of sp³-hybridized carbons (Fsp3) is 0.500. The Labute approximate surface area is 186 Å². The third kappa shape index (κ3) is 8.46. The SMILES string of the molecule is CC(NC(=O)C(NC(=O)C(Cc1ccc(O)cc1)NC(=O)C(N)CS)C(C)C)C(=O)O. The Hall–Kier alpha value is -2.79. The van der Waals surface area contributed by atoms with E-state index in [0.717, 1.165) is 0 Å². The van der Waals surface area contributed by atoms with E-state index in [1.807, 2.05) is 0 Å². The van der Waals surface area contributed by atoms with Crippen LogP contribution in [0.25, 0.3) is 0 Å². The van der Waals surface area contributed by atoms with E-state index >= 15 is 0 Å². The number of amides is 3. The van der Waals surface area contributed by atoms with Gasteiger partial charge in [0.15, 0.2) is 0 Å². The van der Waals surface area contributed by atoms with Crippen molar-refractivity contribution >= 4 is 36.3 Å². The first kappa shape index (κ1) is 26.2. The van der Waals surface area contributed by atoms with Crippen molar-refractivity contribution in [3.05, 3.63) is 29.8 Å².